The van der Waals surface area contributed by atoms with E-state index in [4.69, 9.17) is 0 Å². The Morgan fingerprint density at radius 1 is 1.27 bits per heavy atom. The summed E-state index contributed by atoms with van der Waals surface area (Å²) in [7, 11) is 0. The standard InChI is InChI=1S/C12H13NO2/c14-9-10-4-3-5-11(8-10)12(15)13-6-1-2-7-13/h3-5,8-9H,1-2,6-7H2. The molecule has 0 aliphatic carbocycles. The highest BCUT2D eigenvalue weighted by Crippen LogP contribution is 2.13. The quantitative estimate of drug-likeness (QED) is 0.686. The summed E-state index contributed by atoms with van der Waals surface area (Å²) >= 11 is 0. The lowest BCUT2D eigenvalue weighted by atomic mass is 10.1. The Morgan fingerprint density at radius 2 is 2.00 bits per heavy atom. The third-order valence-electron chi connectivity index (χ3n) is 2.66. The molecule has 0 N–H and O–H groups in total. The maximum Gasteiger partial charge on any atom is 0.253 e. The van der Waals surface area contributed by atoms with Crippen LogP contribution >= 0.6 is 0 Å². The Balaban J connectivity index is 2.20. The number of carbonyl (C=O) groups excluding carboxylic acids is 2. The monoisotopic (exact) mass is 203 g/mol. The molecule has 1 aromatic carbocycles. The lowest BCUT2D eigenvalue weighted by Gasteiger charge is -2.15. The van der Waals surface area contributed by atoms with Crippen molar-refractivity contribution in [1.82, 2.24) is 4.90 Å². The highest BCUT2D eigenvalue weighted by atomic mass is 16.2. The van der Waals surface area contributed by atoms with E-state index in [1.807, 2.05) is 4.90 Å². The maximum atomic E-state index is 11.9. The van der Waals surface area contributed by atoms with Crippen LogP contribution in [0.1, 0.15) is 33.6 Å². The molecular formula is C12H13NO2. The zero-order valence-corrected chi connectivity index (χ0v) is 8.48. The molecule has 1 saturated heterocycles. The number of aldehydes is 1. The van der Waals surface area contributed by atoms with Crippen LogP contribution in [0.4, 0.5) is 0 Å². The van der Waals surface area contributed by atoms with Crippen LogP contribution in [-0.4, -0.2) is 30.2 Å². The smallest absolute Gasteiger partial charge is 0.253 e. The molecule has 15 heavy (non-hydrogen) atoms. The van der Waals surface area contributed by atoms with Gasteiger partial charge in [0.1, 0.15) is 6.29 Å². The first-order chi connectivity index (χ1) is 7.31. The number of hydrogen-bond acceptors (Lipinski definition) is 2. The van der Waals surface area contributed by atoms with Gasteiger partial charge < -0.3 is 4.90 Å². The van der Waals surface area contributed by atoms with E-state index in [0.717, 1.165) is 32.2 Å². The van der Waals surface area contributed by atoms with Gasteiger partial charge in [-0.2, -0.15) is 0 Å². The van der Waals surface area contributed by atoms with Crippen LogP contribution in [-0.2, 0) is 0 Å². The van der Waals surface area contributed by atoms with Crippen LogP contribution in [0.2, 0.25) is 0 Å². The molecule has 3 heteroatoms. The normalized spacial score (nSPS) is 15.3. The molecule has 1 aliphatic heterocycles. The van der Waals surface area contributed by atoms with Crippen molar-refractivity contribution >= 4 is 12.2 Å². The third-order valence-corrected chi connectivity index (χ3v) is 2.66. The number of hydrogen-bond donors (Lipinski definition) is 0. The first-order valence-corrected chi connectivity index (χ1v) is 5.16. The molecule has 0 atom stereocenters. The molecule has 2 rings (SSSR count). The maximum absolute atomic E-state index is 11.9. The van der Waals surface area contributed by atoms with Gasteiger partial charge in [0, 0.05) is 24.2 Å². The van der Waals surface area contributed by atoms with E-state index in [1.165, 1.54) is 0 Å². The van der Waals surface area contributed by atoms with Crippen LogP contribution in [0, 0.1) is 0 Å². The highest BCUT2D eigenvalue weighted by Gasteiger charge is 2.19. The van der Waals surface area contributed by atoms with Crippen LogP contribution in [0.15, 0.2) is 24.3 Å². The van der Waals surface area contributed by atoms with Crippen molar-refractivity contribution in [2.45, 2.75) is 12.8 Å². The summed E-state index contributed by atoms with van der Waals surface area (Å²) in [5, 5.41) is 0. The van der Waals surface area contributed by atoms with E-state index in [1.54, 1.807) is 24.3 Å². The van der Waals surface area contributed by atoms with E-state index in [2.05, 4.69) is 0 Å². The predicted molar refractivity (Wildman–Crippen MR) is 57.0 cm³/mol. The predicted octanol–water partition coefficient (Wildman–Crippen LogP) is 1.74. The lowest BCUT2D eigenvalue weighted by molar-refractivity contribution is 0.0793. The van der Waals surface area contributed by atoms with Crippen LogP contribution in [0.5, 0.6) is 0 Å². The topological polar surface area (TPSA) is 37.4 Å². The minimum atomic E-state index is 0.0381. The van der Waals surface area contributed by atoms with Gasteiger partial charge in [0.25, 0.3) is 5.91 Å². The Bertz CT molecular complexity index is 381. The van der Waals surface area contributed by atoms with Crippen molar-refractivity contribution < 1.29 is 9.59 Å². The summed E-state index contributed by atoms with van der Waals surface area (Å²) in [4.78, 5) is 24.3. The van der Waals surface area contributed by atoms with E-state index in [9.17, 15) is 9.59 Å². The number of carbonyl (C=O) groups is 2. The van der Waals surface area contributed by atoms with Crippen LogP contribution in [0.25, 0.3) is 0 Å². The first-order valence-electron chi connectivity index (χ1n) is 5.16. The van der Waals surface area contributed by atoms with Gasteiger partial charge in [-0.25, -0.2) is 0 Å². The fraction of sp³-hybridized carbons (Fsp3) is 0.333. The van der Waals surface area contributed by atoms with Crippen molar-refractivity contribution in [2.75, 3.05) is 13.1 Å². The molecule has 1 heterocycles. The van der Waals surface area contributed by atoms with E-state index < -0.39 is 0 Å². The number of amides is 1. The van der Waals surface area contributed by atoms with Crippen molar-refractivity contribution in [3.05, 3.63) is 35.4 Å². The summed E-state index contributed by atoms with van der Waals surface area (Å²) in [5.41, 5.74) is 1.17. The van der Waals surface area contributed by atoms with Gasteiger partial charge in [-0.15, -0.1) is 0 Å². The molecule has 0 saturated carbocycles. The fourth-order valence-corrected chi connectivity index (χ4v) is 1.85. The SMILES string of the molecule is O=Cc1cccc(C(=O)N2CCCC2)c1. The lowest BCUT2D eigenvalue weighted by Crippen LogP contribution is -2.27. The van der Waals surface area contributed by atoms with Gasteiger partial charge in [-0.3, -0.25) is 9.59 Å². The number of likely N-dealkylation sites (tertiary alicyclic amines) is 1. The first kappa shape index (κ1) is 9.90. The number of rotatable bonds is 2. The van der Waals surface area contributed by atoms with Crippen molar-refractivity contribution in [3.63, 3.8) is 0 Å². The highest BCUT2D eigenvalue weighted by molar-refractivity contribution is 5.95. The van der Waals surface area contributed by atoms with Crippen LogP contribution < -0.4 is 0 Å². The Hall–Kier alpha value is -1.64. The molecule has 1 aromatic rings. The molecule has 1 aliphatic rings. The van der Waals surface area contributed by atoms with E-state index in [0.29, 0.717) is 11.1 Å². The summed E-state index contributed by atoms with van der Waals surface area (Å²) in [5.74, 6) is 0.0381. The molecule has 3 nitrogen and oxygen atoms in total. The molecule has 0 unspecified atom stereocenters. The molecule has 0 radical (unpaired) electrons. The second kappa shape index (κ2) is 4.26. The van der Waals surface area contributed by atoms with Crippen LogP contribution in [0.3, 0.4) is 0 Å². The summed E-state index contributed by atoms with van der Waals surface area (Å²) in [6.07, 6.45) is 2.93. The van der Waals surface area contributed by atoms with Gasteiger partial charge in [0.2, 0.25) is 0 Å². The summed E-state index contributed by atoms with van der Waals surface area (Å²) in [6, 6.07) is 6.85. The Morgan fingerprint density at radius 3 is 2.67 bits per heavy atom. The minimum absolute atomic E-state index is 0.0381. The van der Waals surface area contributed by atoms with E-state index >= 15 is 0 Å². The fourth-order valence-electron chi connectivity index (χ4n) is 1.85. The summed E-state index contributed by atoms with van der Waals surface area (Å²) in [6.45, 7) is 1.67. The van der Waals surface area contributed by atoms with Crippen molar-refractivity contribution in [2.24, 2.45) is 0 Å². The molecule has 1 fully saturated rings. The largest absolute Gasteiger partial charge is 0.339 e. The second-order valence-electron chi connectivity index (χ2n) is 3.74. The van der Waals surface area contributed by atoms with Gasteiger partial charge in [0.05, 0.1) is 0 Å². The van der Waals surface area contributed by atoms with Gasteiger partial charge in [0.15, 0.2) is 0 Å². The summed E-state index contributed by atoms with van der Waals surface area (Å²) < 4.78 is 0. The average Bonchev–Trinajstić information content (AvgIpc) is 2.81. The minimum Gasteiger partial charge on any atom is -0.339 e. The zero-order chi connectivity index (χ0) is 10.7. The third kappa shape index (κ3) is 2.06. The van der Waals surface area contributed by atoms with Gasteiger partial charge in [-0.1, -0.05) is 12.1 Å². The molecule has 0 aromatic heterocycles. The zero-order valence-electron chi connectivity index (χ0n) is 8.48. The Labute approximate surface area is 88.7 Å². The van der Waals surface area contributed by atoms with E-state index in [-0.39, 0.29) is 5.91 Å². The van der Waals surface area contributed by atoms with Gasteiger partial charge in [-0.05, 0) is 25.0 Å². The van der Waals surface area contributed by atoms with Crippen molar-refractivity contribution in [1.29, 1.82) is 0 Å². The van der Waals surface area contributed by atoms with Gasteiger partial charge >= 0.3 is 0 Å². The molecule has 1 amide bonds. The average molecular weight is 203 g/mol. The Kier molecular flexibility index (Phi) is 2.81. The molecular weight excluding hydrogens is 190 g/mol. The second-order valence-corrected chi connectivity index (χ2v) is 3.74. The number of benzene rings is 1. The molecule has 0 spiro atoms. The molecule has 78 valence electrons. The van der Waals surface area contributed by atoms with Crippen molar-refractivity contribution in [3.8, 4) is 0 Å². The molecule has 0 bridgehead atoms. The number of nitrogens with zero attached hydrogens (tertiary/aromatic N) is 1.